The van der Waals surface area contributed by atoms with E-state index in [9.17, 15) is 36.6 Å². The zero-order valence-corrected chi connectivity index (χ0v) is 23.4. The number of carbonyl (C=O) groups excluding carboxylic acids is 1. The largest absolute Gasteiger partial charge is 0.490 e. The van der Waals surface area contributed by atoms with Crippen LogP contribution in [0.25, 0.3) is 11.1 Å². The van der Waals surface area contributed by atoms with Crippen molar-refractivity contribution in [3.8, 4) is 16.9 Å². The van der Waals surface area contributed by atoms with Gasteiger partial charge in [0.05, 0.1) is 0 Å². The summed E-state index contributed by atoms with van der Waals surface area (Å²) in [6.07, 6.45) is -1.94. The summed E-state index contributed by atoms with van der Waals surface area (Å²) in [5.74, 6) is -5.09. The summed E-state index contributed by atoms with van der Waals surface area (Å²) in [5.41, 5.74) is 1.30. The number of alkyl halides is 3. The number of benzene rings is 2. The predicted molar refractivity (Wildman–Crippen MR) is 145 cm³/mol. The highest BCUT2D eigenvalue weighted by molar-refractivity contribution is 7.98. The Kier molecular flexibility index (Phi) is 11.5. The number of piperidine rings is 1. The maximum absolute atomic E-state index is 13.8. The van der Waals surface area contributed by atoms with Crippen LogP contribution in [0.15, 0.2) is 57.8 Å². The number of furan rings is 1. The Morgan fingerprint density at radius 2 is 1.63 bits per heavy atom. The van der Waals surface area contributed by atoms with Crippen molar-refractivity contribution in [2.24, 2.45) is 0 Å². The molecule has 4 rings (SSSR count). The van der Waals surface area contributed by atoms with Gasteiger partial charge in [0.25, 0.3) is 5.91 Å². The molecular weight excluding hydrogens is 603 g/mol. The van der Waals surface area contributed by atoms with Crippen LogP contribution < -0.4 is 10.1 Å². The normalized spacial score (nSPS) is 13.5. The van der Waals surface area contributed by atoms with Crippen LogP contribution in [0.1, 0.15) is 29.2 Å². The predicted octanol–water partition coefficient (Wildman–Crippen LogP) is 5.44. The van der Waals surface area contributed by atoms with Crippen molar-refractivity contribution in [1.29, 1.82) is 0 Å². The lowest BCUT2D eigenvalue weighted by molar-refractivity contribution is -0.192. The Morgan fingerprint density at radius 1 is 1.02 bits per heavy atom. The van der Waals surface area contributed by atoms with Crippen LogP contribution in [-0.2, 0) is 16.2 Å². The van der Waals surface area contributed by atoms with Crippen molar-refractivity contribution < 1.29 is 55.7 Å². The van der Waals surface area contributed by atoms with Crippen molar-refractivity contribution >= 4 is 29.6 Å². The van der Waals surface area contributed by atoms with Gasteiger partial charge in [-0.1, -0.05) is 12.1 Å². The van der Waals surface area contributed by atoms with Gasteiger partial charge < -0.3 is 29.6 Å². The number of nitrogens with one attached hydrogen (secondary N) is 1. The molecule has 1 fully saturated rings. The molecule has 0 aliphatic carbocycles. The van der Waals surface area contributed by atoms with Crippen LogP contribution in [0.4, 0.5) is 22.0 Å². The van der Waals surface area contributed by atoms with Crippen molar-refractivity contribution in [2.45, 2.75) is 36.6 Å². The van der Waals surface area contributed by atoms with Crippen molar-refractivity contribution in [3.05, 3.63) is 71.7 Å². The monoisotopic (exact) mass is 630 g/mol. The van der Waals surface area contributed by atoms with Crippen molar-refractivity contribution in [3.63, 3.8) is 0 Å². The molecular formula is C28H27F5N2O7S. The minimum Gasteiger partial charge on any atom is -0.486 e. The first kappa shape index (κ1) is 33.4. The summed E-state index contributed by atoms with van der Waals surface area (Å²) in [7, 11) is 0. The lowest BCUT2D eigenvalue weighted by atomic mass is 10.0. The number of thioether (sulfide) groups is 1. The number of hydrogen-bond acceptors (Lipinski definition) is 7. The number of halogens is 5. The smallest absolute Gasteiger partial charge is 0.486 e. The number of ether oxygens (including phenoxy) is 1. The number of rotatable bonds is 9. The first-order chi connectivity index (χ1) is 20.3. The molecule has 0 atom stereocenters. The summed E-state index contributed by atoms with van der Waals surface area (Å²) in [6.45, 7) is 1.11. The molecule has 1 aliphatic heterocycles. The number of carboxylic acids is 2. The van der Waals surface area contributed by atoms with E-state index >= 15 is 0 Å². The number of amides is 1. The fraction of sp³-hybridized carbons (Fsp3) is 0.321. The second-order valence-corrected chi connectivity index (χ2v) is 10.0. The molecule has 1 amide bonds. The van der Waals surface area contributed by atoms with E-state index in [1.807, 2.05) is 0 Å². The van der Waals surface area contributed by atoms with Crippen LogP contribution in [0, 0.1) is 11.6 Å². The van der Waals surface area contributed by atoms with Crippen LogP contribution in [0.5, 0.6) is 5.75 Å². The zero-order chi connectivity index (χ0) is 31.7. The SMILES string of the molecule is CSc1cc(F)c(F)cc1-c1ccc(OCc2ccc(C(=O)N(CC(=O)O)C3CCNCC3)o2)cc1.O=C(O)C(F)(F)F. The molecule has 3 N–H and O–H groups in total. The number of aliphatic carboxylic acids is 2. The maximum Gasteiger partial charge on any atom is 0.490 e. The molecule has 43 heavy (non-hydrogen) atoms. The zero-order valence-electron chi connectivity index (χ0n) is 22.6. The third-order valence-corrected chi connectivity index (χ3v) is 7.00. The van der Waals surface area contributed by atoms with E-state index in [4.69, 9.17) is 19.1 Å². The highest BCUT2D eigenvalue weighted by atomic mass is 32.2. The molecule has 2 heterocycles. The summed E-state index contributed by atoms with van der Waals surface area (Å²) in [4.78, 5) is 35.2. The van der Waals surface area contributed by atoms with Gasteiger partial charge in [-0.15, -0.1) is 11.8 Å². The van der Waals surface area contributed by atoms with Gasteiger partial charge in [0.2, 0.25) is 0 Å². The minimum absolute atomic E-state index is 0.0557. The van der Waals surface area contributed by atoms with E-state index in [0.29, 0.717) is 40.4 Å². The molecule has 3 aromatic rings. The number of carbonyl (C=O) groups is 3. The molecule has 2 aromatic carbocycles. The topological polar surface area (TPSA) is 129 Å². The molecule has 0 saturated carbocycles. The van der Waals surface area contributed by atoms with Gasteiger partial charge in [-0.2, -0.15) is 13.2 Å². The van der Waals surface area contributed by atoms with Gasteiger partial charge in [-0.05, 0) is 79.7 Å². The molecule has 0 bridgehead atoms. The van der Waals surface area contributed by atoms with Crippen molar-refractivity contribution in [2.75, 3.05) is 25.9 Å². The van der Waals surface area contributed by atoms with Gasteiger partial charge in [0, 0.05) is 10.9 Å². The first-order valence-corrected chi connectivity index (χ1v) is 13.9. The summed E-state index contributed by atoms with van der Waals surface area (Å²) >= 11 is 1.33. The maximum atomic E-state index is 13.8. The Morgan fingerprint density at radius 3 is 2.19 bits per heavy atom. The van der Waals surface area contributed by atoms with Crippen LogP contribution in [0.2, 0.25) is 0 Å². The van der Waals surface area contributed by atoms with E-state index in [1.54, 1.807) is 36.6 Å². The van der Waals surface area contributed by atoms with Crippen molar-refractivity contribution in [1.82, 2.24) is 10.2 Å². The fourth-order valence-corrected chi connectivity index (χ4v) is 4.77. The average Bonchev–Trinajstić information content (AvgIpc) is 3.45. The van der Waals surface area contributed by atoms with Crippen LogP contribution >= 0.6 is 11.8 Å². The molecule has 1 saturated heterocycles. The van der Waals surface area contributed by atoms with Gasteiger partial charge >= 0.3 is 18.1 Å². The number of nitrogens with zero attached hydrogens (tertiary/aromatic N) is 1. The van der Waals surface area contributed by atoms with Gasteiger partial charge in [-0.3, -0.25) is 9.59 Å². The molecule has 0 unspecified atom stereocenters. The molecule has 1 aliphatic rings. The van der Waals surface area contributed by atoms with E-state index in [-0.39, 0.29) is 18.4 Å². The minimum atomic E-state index is -5.08. The molecule has 0 spiro atoms. The van der Waals surface area contributed by atoms with Gasteiger partial charge in [-0.25, -0.2) is 13.6 Å². The van der Waals surface area contributed by atoms with Gasteiger partial charge in [0.15, 0.2) is 17.4 Å². The third-order valence-electron chi connectivity index (χ3n) is 6.22. The van der Waals surface area contributed by atoms with Gasteiger partial charge in [0.1, 0.15) is 24.7 Å². The van der Waals surface area contributed by atoms with E-state index < -0.39 is 42.2 Å². The molecule has 1 aromatic heterocycles. The quantitative estimate of drug-likeness (QED) is 0.209. The highest BCUT2D eigenvalue weighted by Gasteiger charge is 2.38. The average molecular weight is 631 g/mol. The van der Waals surface area contributed by atoms with Crippen LogP contribution in [-0.4, -0.2) is 71.1 Å². The fourth-order valence-electron chi connectivity index (χ4n) is 4.15. The molecule has 9 nitrogen and oxygen atoms in total. The summed E-state index contributed by atoms with van der Waals surface area (Å²) in [5, 5.41) is 19.6. The first-order valence-electron chi connectivity index (χ1n) is 12.7. The van der Waals surface area contributed by atoms with E-state index in [0.717, 1.165) is 13.1 Å². The summed E-state index contributed by atoms with van der Waals surface area (Å²) < 4.78 is 70.5. The molecule has 0 radical (unpaired) electrons. The summed E-state index contributed by atoms with van der Waals surface area (Å²) in [6, 6.07) is 12.3. The standard InChI is InChI=1S/C26H26F2N2O5S.C2HF3O2/c1-36-24-13-22(28)21(27)12-20(24)16-2-4-18(5-3-16)34-15-19-6-7-23(35-19)26(33)30(14-25(31)32)17-8-10-29-11-9-17;3-2(4,5)1(6)7/h2-7,12-13,17,29H,8-11,14-15H2,1H3,(H,31,32);(H,6,7). The van der Waals surface area contributed by atoms with E-state index in [1.165, 1.54) is 34.9 Å². The second kappa shape index (κ2) is 14.9. The Labute approximate surface area is 246 Å². The lowest BCUT2D eigenvalue weighted by Gasteiger charge is -2.33. The number of carboxylic acid groups (broad SMARTS) is 2. The molecule has 15 heteroatoms. The second-order valence-electron chi connectivity index (χ2n) is 9.16. The lowest BCUT2D eigenvalue weighted by Crippen LogP contribution is -2.48. The van der Waals surface area contributed by atoms with Crippen LogP contribution in [0.3, 0.4) is 0 Å². The Balaban J connectivity index is 0.000000646. The highest BCUT2D eigenvalue weighted by Crippen LogP contribution is 2.33. The van der Waals surface area contributed by atoms with E-state index in [2.05, 4.69) is 5.32 Å². The Hall–Kier alpha value is -4.11. The molecule has 232 valence electrons. The number of hydrogen-bond donors (Lipinski definition) is 3. The third kappa shape index (κ3) is 9.44. The Bertz CT molecular complexity index is 1420.